The van der Waals surface area contributed by atoms with Crippen molar-refractivity contribution in [3.63, 3.8) is 0 Å². The zero-order valence-corrected chi connectivity index (χ0v) is 15.0. The van der Waals surface area contributed by atoms with Crippen molar-refractivity contribution in [1.82, 2.24) is 0 Å². The predicted octanol–water partition coefficient (Wildman–Crippen LogP) is -0.787. The molecule has 4 nitrogen and oxygen atoms in total. The normalized spacial score (nSPS) is 11.5. The topological polar surface area (TPSA) is 69.6 Å². The smallest absolute Gasteiger partial charge is 0.550 e. The van der Waals surface area contributed by atoms with E-state index in [0.29, 0.717) is 12.2 Å². The van der Waals surface area contributed by atoms with Crippen LogP contribution in [-0.4, -0.2) is 17.7 Å². The van der Waals surface area contributed by atoms with Gasteiger partial charge in [0.05, 0.1) is 12.7 Å². The molecule has 21 heavy (non-hydrogen) atoms. The van der Waals surface area contributed by atoms with Crippen LogP contribution in [0.1, 0.15) is 57.1 Å². The monoisotopic (exact) mass is 302 g/mol. The van der Waals surface area contributed by atoms with E-state index in [9.17, 15) is 15.0 Å². The first-order chi connectivity index (χ1) is 9.63. The Morgan fingerprint density at radius 3 is 2.48 bits per heavy atom. The largest absolute Gasteiger partial charge is 1.00 e. The van der Waals surface area contributed by atoms with Gasteiger partial charge >= 0.3 is 29.6 Å². The summed E-state index contributed by atoms with van der Waals surface area (Å²) in [5.74, 6) is -0.367. The van der Waals surface area contributed by atoms with Crippen LogP contribution in [0.25, 0.3) is 0 Å². The number of aliphatic hydroxyl groups is 1. The first-order valence-corrected chi connectivity index (χ1v) is 7.24. The molecular formula is C16H23NaO4. The van der Waals surface area contributed by atoms with Crippen LogP contribution < -0.4 is 39.4 Å². The number of carboxylic acids is 1. The quantitative estimate of drug-likeness (QED) is 0.454. The minimum absolute atomic E-state index is 0. The average molecular weight is 302 g/mol. The Hall–Kier alpha value is -0.550. The summed E-state index contributed by atoms with van der Waals surface area (Å²) in [7, 11) is 0. The van der Waals surface area contributed by atoms with E-state index in [4.69, 9.17) is 4.74 Å². The van der Waals surface area contributed by atoms with Gasteiger partial charge in [-0.25, -0.2) is 0 Å². The average Bonchev–Trinajstić information content (AvgIpc) is 2.45. The van der Waals surface area contributed by atoms with Crippen LogP contribution in [-0.2, 0) is 4.79 Å². The van der Waals surface area contributed by atoms with E-state index in [1.807, 2.05) is 0 Å². The summed E-state index contributed by atoms with van der Waals surface area (Å²) in [5.41, 5.74) is 0.699. The van der Waals surface area contributed by atoms with Crippen LogP contribution in [0.15, 0.2) is 24.3 Å². The van der Waals surface area contributed by atoms with E-state index < -0.39 is 12.1 Å². The molecule has 1 N–H and O–H groups in total. The van der Waals surface area contributed by atoms with Crippen LogP contribution in [0.3, 0.4) is 0 Å². The molecule has 5 heteroatoms. The number of hydrogen-bond donors (Lipinski definition) is 1. The van der Waals surface area contributed by atoms with Crippen molar-refractivity contribution in [1.29, 1.82) is 0 Å². The number of ether oxygens (including phenoxy) is 1. The van der Waals surface area contributed by atoms with E-state index in [-0.39, 0.29) is 42.4 Å². The number of carbonyl (C=O) groups excluding carboxylic acids is 1. The molecule has 0 amide bonds. The van der Waals surface area contributed by atoms with E-state index in [1.165, 1.54) is 19.3 Å². The van der Waals surface area contributed by atoms with Gasteiger partial charge in [0.1, 0.15) is 5.75 Å². The molecule has 1 rings (SSSR count). The Kier molecular flexibility index (Phi) is 11.7. The van der Waals surface area contributed by atoms with Crippen molar-refractivity contribution >= 4 is 5.97 Å². The van der Waals surface area contributed by atoms with Gasteiger partial charge in [-0.05, 0) is 37.0 Å². The third-order valence-corrected chi connectivity index (χ3v) is 3.15. The zero-order valence-electron chi connectivity index (χ0n) is 13.0. The van der Waals surface area contributed by atoms with E-state index in [2.05, 4.69) is 6.92 Å². The number of carboxylic acid groups (broad SMARTS) is 1. The molecule has 0 bridgehead atoms. The molecule has 0 fully saturated rings. The van der Waals surface area contributed by atoms with Gasteiger partial charge in [-0.15, -0.1) is 0 Å². The van der Waals surface area contributed by atoms with Crippen LogP contribution in [0.2, 0.25) is 0 Å². The Labute approximate surface area is 148 Å². The molecule has 112 valence electrons. The van der Waals surface area contributed by atoms with Gasteiger partial charge in [-0.3, -0.25) is 0 Å². The molecule has 0 aromatic heterocycles. The van der Waals surface area contributed by atoms with Gasteiger partial charge < -0.3 is 19.7 Å². The predicted molar refractivity (Wildman–Crippen MR) is 75.3 cm³/mol. The number of aliphatic hydroxyl groups excluding tert-OH is 1. The number of benzene rings is 1. The molecule has 0 heterocycles. The van der Waals surface area contributed by atoms with Crippen molar-refractivity contribution in [2.24, 2.45) is 0 Å². The summed E-state index contributed by atoms with van der Waals surface area (Å²) in [6.07, 6.45) is 3.91. The second-order valence-corrected chi connectivity index (χ2v) is 4.90. The first-order valence-electron chi connectivity index (χ1n) is 7.24. The molecule has 1 aromatic carbocycles. The van der Waals surface area contributed by atoms with Crippen molar-refractivity contribution < 1.29 is 49.3 Å². The van der Waals surface area contributed by atoms with Crippen molar-refractivity contribution in [2.75, 3.05) is 6.61 Å². The SMILES string of the molecule is CCCCCCOc1ccc(C(O)CCC(=O)[O-])cc1.[Na+]. The number of carbonyl (C=O) groups is 1. The van der Waals surface area contributed by atoms with Gasteiger partial charge in [0.15, 0.2) is 0 Å². The van der Waals surface area contributed by atoms with Crippen LogP contribution in [0, 0.1) is 0 Å². The molecule has 0 saturated carbocycles. The van der Waals surface area contributed by atoms with Crippen molar-refractivity contribution in [2.45, 2.75) is 51.6 Å². The van der Waals surface area contributed by atoms with E-state index >= 15 is 0 Å². The number of rotatable bonds is 10. The van der Waals surface area contributed by atoms with Gasteiger partial charge in [0, 0.05) is 5.97 Å². The van der Waals surface area contributed by atoms with E-state index in [1.54, 1.807) is 24.3 Å². The number of aliphatic carboxylic acids is 1. The second-order valence-electron chi connectivity index (χ2n) is 4.90. The molecule has 1 atom stereocenters. The number of hydrogen-bond acceptors (Lipinski definition) is 4. The minimum atomic E-state index is -1.14. The minimum Gasteiger partial charge on any atom is -0.550 e. The Balaban J connectivity index is 0.00000400. The van der Waals surface area contributed by atoms with Crippen LogP contribution in [0.4, 0.5) is 0 Å². The van der Waals surface area contributed by atoms with Gasteiger partial charge in [-0.2, -0.15) is 0 Å². The van der Waals surface area contributed by atoms with Gasteiger partial charge in [-0.1, -0.05) is 38.3 Å². The summed E-state index contributed by atoms with van der Waals surface area (Å²) in [6.45, 7) is 2.87. The van der Waals surface area contributed by atoms with Crippen molar-refractivity contribution in [3.05, 3.63) is 29.8 Å². The molecule has 0 aliphatic rings. The Morgan fingerprint density at radius 1 is 1.24 bits per heavy atom. The summed E-state index contributed by atoms with van der Waals surface area (Å²) in [6, 6.07) is 7.14. The third-order valence-electron chi connectivity index (χ3n) is 3.15. The summed E-state index contributed by atoms with van der Waals surface area (Å²) in [4.78, 5) is 10.3. The molecule has 0 radical (unpaired) electrons. The molecule has 0 saturated heterocycles. The molecule has 0 aliphatic heterocycles. The van der Waals surface area contributed by atoms with Gasteiger partial charge in [0.2, 0.25) is 0 Å². The summed E-state index contributed by atoms with van der Waals surface area (Å²) in [5, 5.41) is 20.1. The number of unbranched alkanes of at least 4 members (excludes halogenated alkanes) is 3. The van der Waals surface area contributed by atoms with Crippen LogP contribution in [0.5, 0.6) is 5.75 Å². The van der Waals surface area contributed by atoms with Crippen LogP contribution >= 0.6 is 0 Å². The van der Waals surface area contributed by atoms with Gasteiger partial charge in [0.25, 0.3) is 0 Å². The third kappa shape index (κ3) is 9.14. The zero-order chi connectivity index (χ0) is 14.8. The van der Waals surface area contributed by atoms with E-state index in [0.717, 1.165) is 12.2 Å². The first kappa shape index (κ1) is 20.5. The Bertz CT molecular complexity index is 392. The Morgan fingerprint density at radius 2 is 1.90 bits per heavy atom. The fourth-order valence-electron chi connectivity index (χ4n) is 1.93. The molecule has 0 aliphatic carbocycles. The molecule has 1 aromatic rings. The molecular weight excluding hydrogens is 279 g/mol. The maximum atomic E-state index is 10.3. The fraction of sp³-hybridized carbons (Fsp3) is 0.562. The fourth-order valence-corrected chi connectivity index (χ4v) is 1.93. The summed E-state index contributed by atoms with van der Waals surface area (Å²) >= 11 is 0. The summed E-state index contributed by atoms with van der Waals surface area (Å²) < 4.78 is 5.60. The van der Waals surface area contributed by atoms with Crippen molar-refractivity contribution in [3.8, 4) is 5.75 Å². The maximum absolute atomic E-state index is 10.3. The standard InChI is InChI=1S/C16H24O4.Na/c1-2-3-4-5-12-20-14-8-6-13(7-9-14)15(17)10-11-16(18)19;/h6-9,15,17H,2-5,10-12H2,1H3,(H,18,19);/q;+1/p-1. The maximum Gasteiger partial charge on any atom is 1.00 e. The molecule has 0 spiro atoms. The second kappa shape index (κ2) is 12.0. The molecule has 1 unspecified atom stereocenters.